The number of hydrogen-bond donors (Lipinski definition) is 1. The summed E-state index contributed by atoms with van der Waals surface area (Å²) in [6.45, 7) is 5.38. The molecule has 0 aliphatic heterocycles. The summed E-state index contributed by atoms with van der Waals surface area (Å²) in [6.07, 6.45) is 7.72. The Hall–Kier alpha value is -2.23. The van der Waals surface area contributed by atoms with E-state index in [1.807, 2.05) is 61.5 Å². The van der Waals surface area contributed by atoms with Gasteiger partial charge >= 0.3 is 0 Å². The second-order valence-electron chi connectivity index (χ2n) is 3.94. The maximum absolute atomic E-state index is 11.1. The van der Waals surface area contributed by atoms with Gasteiger partial charge in [0.15, 0.2) is 0 Å². The molecule has 0 aromatic heterocycles. The smallest absolute Gasteiger partial charge is 0.221 e. The molecule has 19 heavy (non-hydrogen) atoms. The van der Waals surface area contributed by atoms with Gasteiger partial charge in [-0.25, -0.2) is 0 Å². The molecule has 0 bridgehead atoms. The lowest BCUT2D eigenvalue weighted by Gasteiger charge is -2.19. The number of carbonyl (C=O) groups excluding carboxylic acids is 1. The van der Waals surface area contributed by atoms with Gasteiger partial charge in [-0.05, 0) is 32.0 Å². The Morgan fingerprint density at radius 2 is 1.89 bits per heavy atom. The molecule has 4 heteroatoms. The van der Waals surface area contributed by atoms with E-state index >= 15 is 0 Å². The molecule has 102 valence electrons. The molecular formula is C15H20N2O2. The maximum atomic E-state index is 11.1. The van der Waals surface area contributed by atoms with Crippen molar-refractivity contribution in [1.29, 1.82) is 0 Å². The summed E-state index contributed by atoms with van der Waals surface area (Å²) in [4.78, 5) is 13.1. The van der Waals surface area contributed by atoms with E-state index in [9.17, 15) is 4.79 Å². The summed E-state index contributed by atoms with van der Waals surface area (Å²) in [5.41, 5.74) is 1.60. The van der Waals surface area contributed by atoms with Crippen molar-refractivity contribution < 1.29 is 9.53 Å². The number of carbonyl (C=O) groups is 1. The Balaban J connectivity index is 3.23. The standard InChI is InChI=1S/C15H20N2O2/c1-5-9-17(10-6-2)14-11-13(16-12(3)18)7-8-15(14)19-4/h5-11H,1-4H3,(H,16,18). The first-order chi connectivity index (χ1) is 9.12. The Labute approximate surface area is 114 Å². The van der Waals surface area contributed by atoms with Crippen LogP contribution in [0.4, 0.5) is 11.4 Å². The fourth-order valence-corrected chi connectivity index (χ4v) is 1.70. The zero-order valence-corrected chi connectivity index (χ0v) is 11.8. The number of allylic oxidation sites excluding steroid dienone is 2. The first-order valence-corrected chi connectivity index (χ1v) is 6.12. The van der Waals surface area contributed by atoms with E-state index < -0.39 is 0 Å². The lowest BCUT2D eigenvalue weighted by atomic mass is 10.2. The van der Waals surface area contributed by atoms with Gasteiger partial charge in [0.1, 0.15) is 5.75 Å². The molecule has 0 radical (unpaired) electrons. The monoisotopic (exact) mass is 260 g/mol. The SMILES string of the molecule is CC=CN(C=CC)c1cc(NC(C)=O)ccc1OC. The van der Waals surface area contributed by atoms with E-state index in [0.717, 1.165) is 17.1 Å². The predicted octanol–water partition coefficient (Wildman–Crippen LogP) is 3.53. The first kappa shape index (κ1) is 14.8. The molecule has 1 amide bonds. The van der Waals surface area contributed by atoms with E-state index in [2.05, 4.69) is 5.32 Å². The number of rotatable bonds is 5. The van der Waals surface area contributed by atoms with Crippen molar-refractivity contribution in [2.24, 2.45) is 0 Å². The van der Waals surface area contributed by atoms with Crippen LogP contribution < -0.4 is 15.0 Å². The van der Waals surface area contributed by atoms with Crippen LogP contribution in [0.3, 0.4) is 0 Å². The van der Waals surface area contributed by atoms with Crippen LogP contribution in [0.15, 0.2) is 42.8 Å². The Kier molecular flexibility index (Phi) is 5.67. The molecule has 0 aliphatic carbocycles. The van der Waals surface area contributed by atoms with E-state index in [1.165, 1.54) is 6.92 Å². The molecule has 1 aromatic rings. The number of ether oxygens (including phenoxy) is 1. The number of hydrogen-bond acceptors (Lipinski definition) is 3. The summed E-state index contributed by atoms with van der Waals surface area (Å²) in [5, 5.41) is 2.77. The topological polar surface area (TPSA) is 41.6 Å². The van der Waals surface area contributed by atoms with Gasteiger partial charge in [-0.2, -0.15) is 0 Å². The molecular weight excluding hydrogens is 240 g/mol. The number of anilines is 2. The fraction of sp³-hybridized carbons (Fsp3) is 0.267. The predicted molar refractivity (Wildman–Crippen MR) is 79.4 cm³/mol. The van der Waals surface area contributed by atoms with Crippen LogP contribution in [0, 0.1) is 0 Å². The van der Waals surface area contributed by atoms with Crippen molar-refractivity contribution in [1.82, 2.24) is 0 Å². The molecule has 0 saturated carbocycles. The van der Waals surface area contributed by atoms with Gasteiger partial charge in [0.2, 0.25) is 5.91 Å². The van der Waals surface area contributed by atoms with Crippen molar-refractivity contribution in [2.75, 3.05) is 17.3 Å². The van der Waals surface area contributed by atoms with Crippen LogP contribution in [0.1, 0.15) is 20.8 Å². The van der Waals surface area contributed by atoms with Crippen LogP contribution in [0.5, 0.6) is 5.75 Å². The molecule has 0 saturated heterocycles. The highest BCUT2D eigenvalue weighted by molar-refractivity contribution is 5.89. The molecule has 0 aliphatic rings. The average Bonchev–Trinajstić information content (AvgIpc) is 2.38. The van der Waals surface area contributed by atoms with Gasteiger partial charge in [0.05, 0.1) is 12.8 Å². The minimum atomic E-state index is -0.0975. The number of benzene rings is 1. The van der Waals surface area contributed by atoms with Crippen molar-refractivity contribution >= 4 is 17.3 Å². The Morgan fingerprint density at radius 3 is 2.37 bits per heavy atom. The molecule has 4 nitrogen and oxygen atoms in total. The van der Waals surface area contributed by atoms with Gasteiger partial charge in [0, 0.05) is 25.0 Å². The first-order valence-electron chi connectivity index (χ1n) is 6.12. The number of nitrogens with one attached hydrogen (secondary N) is 1. The fourth-order valence-electron chi connectivity index (χ4n) is 1.70. The van der Waals surface area contributed by atoms with Crippen molar-refractivity contribution in [3.63, 3.8) is 0 Å². The summed E-state index contributed by atoms with van der Waals surface area (Å²) < 4.78 is 5.36. The summed E-state index contributed by atoms with van der Waals surface area (Å²) >= 11 is 0. The zero-order chi connectivity index (χ0) is 14.3. The lowest BCUT2D eigenvalue weighted by Crippen LogP contribution is -2.10. The molecule has 1 N–H and O–H groups in total. The third kappa shape index (κ3) is 4.17. The van der Waals surface area contributed by atoms with E-state index in [-0.39, 0.29) is 5.91 Å². The average molecular weight is 260 g/mol. The normalized spacial score (nSPS) is 10.9. The van der Waals surface area contributed by atoms with Crippen LogP contribution in [-0.2, 0) is 4.79 Å². The van der Waals surface area contributed by atoms with Crippen LogP contribution in [-0.4, -0.2) is 13.0 Å². The largest absolute Gasteiger partial charge is 0.495 e. The van der Waals surface area contributed by atoms with Gasteiger partial charge < -0.3 is 15.0 Å². The van der Waals surface area contributed by atoms with Gasteiger partial charge in [-0.3, -0.25) is 4.79 Å². The highest BCUT2D eigenvalue weighted by Gasteiger charge is 2.09. The third-order valence-corrected chi connectivity index (χ3v) is 2.40. The van der Waals surface area contributed by atoms with Crippen LogP contribution >= 0.6 is 0 Å². The minimum absolute atomic E-state index is 0.0975. The maximum Gasteiger partial charge on any atom is 0.221 e. The Morgan fingerprint density at radius 1 is 1.26 bits per heavy atom. The molecule has 0 fully saturated rings. The second kappa shape index (κ2) is 7.26. The number of nitrogens with zero attached hydrogens (tertiary/aromatic N) is 1. The van der Waals surface area contributed by atoms with Crippen molar-refractivity contribution in [3.05, 3.63) is 42.8 Å². The zero-order valence-electron chi connectivity index (χ0n) is 11.8. The summed E-state index contributed by atoms with van der Waals surface area (Å²) in [6, 6.07) is 5.52. The number of amides is 1. The molecule has 0 atom stereocenters. The molecule has 0 spiro atoms. The minimum Gasteiger partial charge on any atom is -0.495 e. The molecule has 0 heterocycles. The lowest BCUT2D eigenvalue weighted by molar-refractivity contribution is -0.114. The van der Waals surface area contributed by atoms with Crippen LogP contribution in [0.25, 0.3) is 0 Å². The third-order valence-electron chi connectivity index (χ3n) is 2.40. The van der Waals surface area contributed by atoms with E-state index in [0.29, 0.717) is 0 Å². The van der Waals surface area contributed by atoms with Gasteiger partial charge in [-0.1, -0.05) is 12.2 Å². The van der Waals surface area contributed by atoms with Gasteiger partial charge in [0.25, 0.3) is 0 Å². The summed E-state index contributed by atoms with van der Waals surface area (Å²) in [7, 11) is 1.63. The number of methoxy groups -OCH3 is 1. The van der Waals surface area contributed by atoms with Crippen molar-refractivity contribution in [3.8, 4) is 5.75 Å². The highest BCUT2D eigenvalue weighted by Crippen LogP contribution is 2.32. The highest BCUT2D eigenvalue weighted by atomic mass is 16.5. The van der Waals surface area contributed by atoms with E-state index in [4.69, 9.17) is 4.74 Å². The van der Waals surface area contributed by atoms with E-state index in [1.54, 1.807) is 7.11 Å². The van der Waals surface area contributed by atoms with Crippen molar-refractivity contribution in [2.45, 2.75) is 20.8 Å². The second-order valence-corrected chi connectivity index (χ2v) is 3.94. The Bertz CT molecular complexity index is 481. The quantitative estimate of drug-likeness (QED) is 0.880. The van der Waals surface area contributed by atoms with Crippen LogP contribution in [0.2, 0.25) is 0 Å². The molecule has 0 unspecified atom stereocenters. The van der Waals surface area contributed by atoms with Gasteiger partial charge in [-0.15, -0.1) is 0 Å². The summed E-state index contributed by atoms with van der Waals surface area (Å²) in [5.74, 6) is 0.644. The molecule has 1 rings (SSSR count). The molecule has 1 aromatic carbocycles.